The number of rotatable bonds is 1. The van der Waals surface area contributed by atoms with Crippen molar-refractivity contribution >= 4 is 31.3 Å². The predicted molar refractivity (Wildman–Crippen MR) is 42.0 cm³/mol. The number of halogens is 1. The molecular formula is C6H3ClO4S. The molecule has 0 fully saturated rings. The lowest BCUT2D eigenvalue weighted by molar-refractivity contribution is -0.114. The SMILES string of the molecule is O=C1C=CC(=O)C(S(=O)(=O)Cl)=C1. The minimum atomic E-state index is -4.10. The first-order valence-corrected chi connectivity index (χ1v) is 5.15. The van der Waals surface area contributed by atoms with Gasteiger partial charge in [0.25, 0.3) is 9.05 Å². The first-order chi connectivity index (χ1) is 5.41. The molecule has 1 rings (SSSR count). The van der Waals surface area contributed by atoms with Crippen molar-refractivity contribution in [3.8, 4) is 0 Å². The first-order valence-electron chi connectivity index (χ1n) is 2.84. The van der Waals surface area contributed by atoms with E-state index in [9.17, 15) is 18.0 Å². The quantitative estimate of drug-likeness (QED) is 0.452. The third-order valence-corrected chi connectivity index (χ3v) is 2.52. The molecule has 0 heterocycles. The molecule has 0 spiro atoms. The fourth-order valence-electron chi connectivity index (χ4n) is 0.679. The summed E-state index contributed by atoms with van der Waals surface area (Å²) in [5.41, 5.74) is 0. The van der Waals surface area contributed by atoms with Crippen LogP contribution >= 0.6 is 10.7 Å². The van der Waals surface area contributed by atoms with E-state index in [1.807, 2.05) is 0 Å². The van der Waals surface area contributed by atoms with Gasteiger partial charge < -0.3 is 0 Å². The minimum absolute atomic E-state index is 0.561. The number of hydrogen-bond donors (Lipinski definition) is 0. The summed E-state index contributed by atoms with van der Waals surface area (Å²) in [4.78, 5) is 20.8. The Morgan fingerprint density at radius 2 is 1.75 bits per heavy atom. The molecule has 0 saturated carbocycles. The molecule has 12 heavy (non-hydrogen) atoms. The van der Waals surface area contributed by atoms with E-state index >= 15 is 0 Å². The van der Waals surface area contributed by atoms with Crippen LogP contribution in [0.1, 0.15) is 0 Å². The van der Waals surface area contributed by atoms with E-state index in [4.69, 9.17) is 10.7 Å². The molecule has 0 unspecified atom stereocenters. The maximum absolute atomic E-state index is 10.8. The van der Waals surface area contributed by atoms with Gasteiger partial charge in [0.1, 0.15) is 4.91 Å². The lowest BCUT2D eigenvalue weighted by Crippen LogP contribution is -2.12. The highest BCUT2D eigenvalue weighted by molar-refractivity contribution is 8.17. The topological polar surface area (TPSA) is 68.3 Å². The molecular weight excluding hydrogens is 204 g/mol. The molecule has 6 heteroatoms. The smallest absolute Gasteiger partial charge is 0.265 e. The van der Waals surface area contributed by atoms with Gasteiger partial charge in [-0.2, -0.15) is 0 Å². The van der Waals surface area contributed by atoms with Crippen molar-refractivity contribution in [3.05, 3.63) is 23.1 Å². The zero-order chi connectivity index (χ0) is 9.35. The molecule has 0 saturated heterocycles. The number of carbonyl (C=O) groups excluding carboxylic acids is 2. The number of ketones is 2. The summed E-state index contributed by atoms with van der Waals surface area (Å²) in [6.07, 6.45) is 2.55. The number of carbonyl (C=O) groups is 2. The second-order valence-corrected chi connectivity index (χ2v) is 4.58. The lowest BCUT2D eigenvalue weighted by atomic mass is 10.2. The third-order valence-electron chi connectivity index (χ3n) is 1.18. The summed E-state index contributed by atoms with van der Waals surface area (Å²) < 4.78 is 21.3. The fourth-order valence-corrected chi connectivity index (χ4v) is 1.61. The summed E-state index contributed by atoms with van der Waals surface area (Å²) in [6.45, 7) is 0. The number of hydrogen-bond acceptors (Lipinski definition) is 4. The van der Waals surface area contributed by atoms with Gasteiger partial charge in [-0.05, 0) is 12.2 Å². The van der Waals surface area contributed by atoms with Crippen molar-refractivity contribution in [2.24, 2.45) is 0 Å². The molecule has 0 N–H and O–H groups in total. The van der Waals surface area contributed by atoms with Crippen LogP contribution in [0.3, 0.4) is 0 Å². The summed E-state index contributed by atoms with van der Waals surface area (Å²) in [5, 5.41) is 0. The Morgan fingerprint density at radius 3 is 2.17 bits per heavy atom. The predicted octanol–water partition coefficient (Wildman–Crippen LogP) is 0.147. The monoisotopic (exact) mass is 206 g/mol. The average molecular weight is 207 g/mol. The molecule has 0 aromatic carbocycles. The summed E-state index contributed by atoms with van der Waals surface area (Å²) in [7, 11) is 0.773. The van der Waals surface area contributed by atoms with E-state index in [1.54, 1.807) is 0 Å². The molecule has 0 bridgehead atoms. The zero-order valence-electron chi connectivity index (χ0n) is 5.65. The Morgan fingerprint density at radius 1 is 1.17 bits per heavy atom. The minimum Gasteiger partial charge on any atom is -0.290 e. The second kappa shape index (κ2) is 2.84. The van der Waals surface area contributed by atoms with Gasteiger partial charge in [-0.15, -0.1) is 0 Å². The van der Waals surface area contributed by atoms with Crippen LogP contribution in [0, 0.1) is 0 Å². The average Bonchev–Trinajstić information content (AvgIpc) is 1.92. The van der Waals surface area contributed by atoms with Gasteiger partial charge in [-0.25, -0.2) is 8.42 Å². The third kappa shape index (κ3) is 1.80. The van der Waals surface area contributed by atoms with Crippen LogP contribution in [0.5, 0.6) is 0 Å². The van der Waals surface area contributed by atoms with Crippen molar-refractivity contribution < 1.29 is 18.0 Å². The van der Waals surface area contributed by atoms with Crippen LogP contribution in [-0.2, 0) is 18.6 Å². The Balaban J connectivity index is 3.23. The van der Waals surface area contributed by atoms with Gasteiger partial charge in [-0.3, -0.25) is 9.59 Å². The highest BCUT2D eigenvalue weighted by atomic mass is 35.7. The molecule has 1 aliphatic rings. The Labute approximate surface area is 72.9 Å². The molecule has 1 aliphatic carbocycles. The Bertz CT molecular complexity index is 401. The van der Waals surface area contributed by atoms with Gasteiger partial charge in [0.05, 0.1) is 0 Å². The van der Waals surface area contributed by atoms with E-state index in [0.29, 0.717) is 6.08 Å². The van der Waals surface area contributed by atoms with E-state index in [-0.39, 0.29) is 0 Å². The molecule has 0 amide bonds. The molecule has 4 nitrogen and oxygen atoms in total. The van der Waals surface area contributed by atoms with Crippen LogP contribution in [-0.4, -0.2) is 20.0 Å². The highest BCUT2D eigenvalue weighted by Gasteiger charge is 2.24. The Kier molecular flexibility index (Phi) is 2.16. The maximum atomic E-state index is 10.8. The van der Waals surface area contributed by atoms with Gasteiger partial charge in [0, 0.05) is 16.8 Å². The first kappa shape index (κ1) is 9.15. The van der Waals surface area contributed by atoms with E-state index < -0.39 is 25.5 Å². The molecule has 0 aliphatic heterocycles. The highest BCUT2D eigenvalue weighted by Crippen LogP contribution is 2.16. The molecule has 0 radical (unpaired) electrons. The molecule has 0 aromatic rings. The van der Waals surface area contributed by atoms with Crippen molar-refractivity contribution in [1.29, 1.82) is 0 Å². The van der Waals surface area contributed by atoms with Crippen molar-refractivity contribution in [1.82, 2.24) is 0 Å². The lowest BCUT2D eigenvalue weighted by Gasteiger charge is -2.00. The van der Waals surface area contributed by atoms with E-state index in [0.717, 1.165) is 12.2 Å². The molecule has 64 valence electrons. The fraction of sp³-hybridized carbons (Fsp3) is 0. The summed E-state index contributed by atoms with van der Waals surface area (Å²) in [6, 6.07) is 0. The maximum Gasteiger partial charge on any atom is 0.265 e. The number of allylic oxidation sites excluding steroid dienone is 4. The van der Waals surface area contributed by atoms with Crippen LogP contribution in [0.2, 0.25) is 0 Å². The van der Waals surface area contributed by atoms with Gasteiger partial charge >= 0.3 is 0 Å². The van der Waals surface area contributed by atoms with Gasteiger partial charge in [-0.1, -0.05) is 0 Å². The van der Waals surface area contributed by atoms with Gasteiger partial charge in [0.2, 0.25) is 0 Å². The van der Waals surface area contributed by atoms with Crippen LogP contribution in [0.15, 0.2) is 23.1 Å². The van der Waals surface area contributed by atoms with Crippen molar-refractivity contribution in [3.63, 3.8) is 0 Å². The van der Waals surface area contributed by atoms with E-state index in [1.165, 1.54) is 0 Å². The standard InChI is InChI=1S/C6H3ClO4S/c7-12(10,11)6-3-4(8)1-2-5(6)9/h1-3H. The van der Waals surface area contributed by atoms with Crippen molar-refractivity contribution in [2.45, 2.75) is 0 Å². The zero-order valence-corrected chi connectivity index (χ0v) is 7.22. The van der Waals surface area contributed by atoms with E-state index in [2.05, 4.69) is 0 Å². The summed E-state index contributed by atoms with van der Waals surface area (Å²) >= 11 is 0. The Hall–Kier alpha value is -0.940. The summed E-state index contributed by atoms with van der Waals surface area (Å²) in [5.74, 6) is -1.33. The largest absolute Gasteiger partial charge is 0.290 e. The van der Waals surface area contributed by atoms with Crippen LogP contribution in [0.25, 0.3) is 0 Å². The normalized spacial score (nSPS) is 17.9. The second-order valence-electron chi connectivity index (χ2n) is 2.05. The van der Waals surface area contributed by atoms with Crippen LogP contribution in [0.4, 0.5) is 0 Å². The van der Waals surface area contributed by atoms with Gasteiger partial charge in [0.15, 0.2) is 11.6 Å². The van der Waals surface area contributed by atoms with Crippen LogP contribution < -0.4 is 0 Å². The van der Waals surface area contributed by atoms with Crippen molar-refractivity contribution in [2.75, 3.05) is 0 Å². The molecule has 0 atom stereocenters. The molecule has 0 aromatic heterocycles.